The number of rotatable bonds is 4. The minimum atomic E-state index is 0.906. The summed E-state index contributed by atoms with van der Waals surface area (Å²) in [6.07, 6.45) is 0. The van der Waals surface area contributed by atoms with Gasteiger partial charge >= 0.3 is 0 Å². The molecule has 2 nitrogen and oxygen atoms in total. The minimum Gasteiger partial charge on any atom is -0.332 e. The second-order valence-electron chi connectivity index (χ2n) is 5.92. The van der Waals surface area contributed by atoms with Crippen molar-refractivity contribution in [2.45, 2.75) is 6.92 Å². The molecule has 0 spiro atoms. The van der Waals surface area contributed by atoms with Gasteiger partial charge in [0, 0.05) is 11.3 Å². The Hall–Kier alpha value is -2.91. The second-order valence-corrected chi connectivity index (χ2v) is 6.92. The van der Waals surface area contributed by atoms with Crippen molar-refractivity contribution >= 4 is 22.2 Å². The van der Waals surface area contributed by atoms with E-state index in [0.717, 1.165) is 22.1 Å². The predicted octanol–water partition coefficient (Wildman–Crippen LogP) is 6.53. The summed E-state index contributed by atoms with van der Waals surface area (Å²) in [5.41, 5.74) is 5.64. The van der Waals surface area contributed by atoms with E-state index in [9.17, 15) is 0 Å². The first-order valence-corrected chi connectivity index (χ1v) is 9.06. The Kier molecular flexibility index (Phi) is 4.32. The maximum absolute atomic E-state index is 4.89. The van der Waals surface area contributed by atoms with E-state index in [4.69, 9.17) is 4.98 Å². The molecule has 0 saturated carbocycles. The molecule has 0 radical (unpaired) electrons. The van der Waals surface area contributed by atoms with E-state index >= 15 is 0 Å². The van der Waals surface area contributed by atoms with Crippen LogP contribution in [-0.4, -0.2) is 4.98 Å². The molecular formula is C22H18N2S. The predicted molar refractivity (Wildman–Crippen MR) is 107 cm³/mol. The van der Waals surface area contributed by atoms with Crippen molar-refractivity contribution < 1.29 is 0 Å². The summed E-state index contributed by atoms with van der Waals surface area (Å²) >= 11 is 1.69. The summed E-state index contributed by atoms with van der Waals surface area (Å²) in [5, 5.41) is 4.36. The number of thiazole rings is 1. The summed E-state index contributed by atoms with van der Waals surface area (Å²) in [5.74, 6) is 0. The van der Waals surface area contributed by atoms with Gasteiger partial charge < -0.3 is 5.32 Å². The molecule has 0 atom stereocenters. The zero-order valence-electron chi connectivity index (χ0n) is 13.9. The quantitative estimate of drug-likeness (QED) is 0.456. The molecule has 4 aromatic rings. The van der Waals surface area contributed by atoms with Gasteiger partial charge in [0.15, 0.2) is 5.13 Å². The molecule has 0 saturated heterocycles. The number of hydrogen-bond acceptors (Lipinski definition) is 3. The van der Waals surface area contributed by atoms with Gasteiger partial charge in [0.25, 0.3) is 0 Å². The second kappa shape index (κ2) is 6.91. The minimum absolute atomic E-state index is 0.906. The Morgan fingerprint density at radius 2 is 1.44 bits per heavy atom. The van der Waals surface area contributed by atoms with Crippen LogP contribution in [0.5, 0.6) is 0 Å². The highest BCUT2D eigenvalue weighted by atomic mass is 32.1. The van der Waals surface area contributed by atoms with Gasteiger partial charge in [0.05, 0.1) is 10.6 Å². The van der Waals surface area contributed by atoms with Crippen molar-refractivity contribution in [3.05, 3.63) is 90.5 Å². The summed E-state index contributed by atoms with van der Waals surface area (Å²) in [6.45, 7) is 2.10. The molecule has 122 valence electrons. The van der Waals surface area contributed by atoms with Gasteiger partial charge in [-0.3, -0.25) is 0 Å². The lowest BCUT2D eigenvalue weighted by Crippen LogP contribution is -1.89. The van der Waals surface area contributed by atoms with Gasteiger partial charge in [0.1, 0.15) is 0 Å². The van der Waals surface area contributed by atoms with Gasteiger partial charge in [0.2, 0.25) is 0 Å². The SMILES string of the molecule is Cc1cccc(Nc2nc(-c3ccccc3)c(-c3ccccc3)s2)c1. The van der Waals surface area contributed by atoms with Crippen LogP contribution in [0.3, 0.4) is 0 Å². The Morgan fingerprint density at radius 1 is 0.760 bits per heavy atom. The molecule has 25 heavy (non-hydrogen) atoms. The first-order valence-electron chi connectivity index (χ1n) is 8.25. The standard InChI is InChI=1S/C22H18N2S/c1-16-9-8-14-19(15-16)23-22-24-20(17-10-4-2-5-11-17)21(25-22)18-12-6-3-7-13-18/h2-15H,1H3,(H,23,24). The normalized spacial score (nSPS) is 10.6. The lowest BCUT2D eigenvalue weighted by Gasteiger charge is -2.02. The van der Waals surface area contributed by atoms with E-state index in [-0.39, 0.29) is 0 Å². The molecule has 1 heterocycles. The molecule has 4 rings (SSSR count). The first-order chi connectivity index (χ1) is 12.3. The van der Waals surface area contributed by atoms with Crippen LogP contribution in [0.25, 0.3) is 21.7 Å². The van der Waals surface area contributed by atoms with E-state index in [1.165, 1.54) is 16.0 Å². The molecule has 0 aliphatic rings. The third kappa shape index (κ3) is 3.47. The van der Waals surface area contributed by atoms with Crippen molar-refractivity contribution in [2.75, 3.05) is 5.32 Å². The molecular weight excluding hydrogens is 324 g/mol. The maximum Gasteiger partial charge on any atom is 0.188 e. The molecule has 0 amide bonds. The summed E-state index contributed by atoms with van der Waals surface area (Å²) in [4.78, 5) is 6.07. The number of benzene rings is 3. The van der Waals surface area contributed by atoms with Crippen molar-refractivity contribution in [3.8, 4) is 21.7 Å². The lowest BCUT2D eigenvalue weighted by molar-refractivity contribution is 1.37. The van der Waals surface area contributed by atoms with Crippen molar-refractivity contribution in [2.24, 2.45) is 0 Å². The van der Waals surface area contributed by atoms with Crippen LogP contribution in [0, 0.1) is 6.92 Å². The fraction of sp³-hybridized carbons (Fsp3) is 0.0455. The van der Waals surface area contributed by atoms with Crippen LogP contribution >= 0.6 is 11.3 Å². The molecule has 0 aliphatic carbocycles. The molecule has 1 aromatic heterocycles. The number of anilines is 2. The molecule has 1 N–H and O–H groups in total. The molecule has 0 aliphatic heterocycles. The van der Waals surface area contributed by atoms with Crippen molar-refractivity contribution in [1.29, 1.82) is 0 Å². The van der Waals surface area contributed by atoms with E-state index in [0.29, 0.717) is 0 Å². The van der Waals surface area contributed by atoms with Crippen LogP contribution in [-0.2, 0) is 0 Å². The highest BCUT2D eigenvalue weighted by Crippen LogP contribution is 2.39. The third-order valence-corrected chi connectivity index (χ3v) is 5.00. The fourth-order valence-corrected chi connectivity index (χ4v) is 3.81. The number of nitrogens with zero attached hydrogens (tertiary/aromatic N) is 1. The van der Waals surface area contributed by atoms with E-state index in [1.807, 2.05) is 12.1 Å². The summed E-state index contributed by atoms with van der Waals surface area (Å²) < 4.78 is 0. The third-order valence-electron chi connectivity index (χ3n) is 3.98. The Labute approximate surface area is 151 Å². The van der Waals surface area contributed by atoms with Gasteiger partial charge in [-0.2, -0.15) is 0 Å². The van der Waals surface area contributed by atoms with Gasteiger partial charge in [-0.05, 0) is 30.2 Å². The van der Waals surface area contributed by atoms with Crippen LogP contribution in [0.1, 0.15) is 5.56 Å². The van der Waals surface area contributed by atoms with Crippen LogP contribution in [0.2, 0.25) is 0 Å². The summed E-state index contributed by atoms with van der Waals surface area (Å²) in [7, 11) is 0. The highest BCUT2D eigenvalue weighted by Gasteiger charge is 2.14. The monoisotopic (exact) mass is 342 g/mol. The topological polar surface area (TPSA) is 24.9 Å². The van der Waals surface area contributed by atoms with Crippen molar-refractivity contribution in [3.63, 3.8) is 0 Å². The average Bonchev–Trinajstić information content (AvgIpc) is 3.07. The van der Waals surface area contributed by atoms with Crippen LogP contribution < -0.4 is 5.32 Å². The maximum atomic E-state index is 4.89. The Bertz CT molecular complexity index is 918. The summed E-state index contributed by atoms with van der Waals surface area (Å²) in [6, 6.07) is 29.2. The Morgan fingerprint density at radius 3 is 2.12 bits per heavy atom. The number of aromatic nitrogens is 1. The molecule has 3 heteroatoms. The van der Waals surface area contributed by atoms with Crippen molar-refractivity contribution in [1.82, 2.24) is 4.98 Å². The zero-order valence-corrected chi connectivity index (χ0v) is 14.8. The number of aryl methyl sites for hydroxylation is 1. The van der Waals surface area contributed by atoms with Crippen LogP contribution in [0.4, 0.5) is 10.8 Å². The number of nitrogens with one attached hydrogen (secondary N) is 1. The van der Waals surface area contributed by atoms with Gasteiger partial charge in [-0.15, -0.1) is 0 Å². The van der Waals surface area contributed by atoms with E-state index in [2.05, 4.69) is 85.0 Å². The van der Waals surface area contributed by atoms with Gasteiger partial charge in [-0.1, -0.05) is 84.1 Å². The Balaban J connectivity index is 1.78. The van der Waals surface area contributed by atoms with Crippen LogP contribution in [0.15, 0.2) is 84.9 Å². The lowest BCUT2D eigenvalue weighted by atomic mass is 10.1. The number of hydrogen-bond donors (Lipinski definition) is 1. The average molecular weight is 342 g/mol. The van der Waals surface area contributed by atoms with Gasteiger partial charge in [-0.25, -0.2) is 4.98 Å². The zero-order chi connectivity index (χ0) is 17.1. The molecule has 0 bridgehead atoms. The largest absolute Gasteiger partial charge is 0.332 e. The molecule has 0 fully saturated rings. The molecule has 3 aromatic carbocycles. The van der Waals surface area contributed by atoms with E-state index in [1.54, 1.807) is 11.3 Å². The molecule has 0 unspecified atom stereocenters. The first kappa shape index (κ1) is 15.6. The highest BCUT2D eigenvalue weighted by molar-refractivity contribution is 7.19. The smallest absolute Gasteiger partial charge is 0.188 e. The fourth-order valence-electron chi connectivity index (χ4n) is 2.80. The van der Waals surface area contributed by atoms with E-state index < -0.39 is 0 Å².